The second-order valence-corrected chi connectivity index (χ2v) is 5.95. The average molecular weight is 378 g/mol. The largest absolute Gasteiger partial charge is 0.497 e. The van der Waals surface area contributed by atoms with Gasteiger partial charge in [0.1, 0.15) is 11.8 Å². The lowest BCUT2D eigenvalue weighted by Gasteiger charge is -2.36. The van der Waals surface area contributed by atoms with Crippen LogP contribution >= 0.6 is 0 Å². The van der Waals surface area contributed by atoms with Crippen molar-refractivity contribution in [3.63, 3.8) is 0 Å². The van der Waals surface area contributed by atoms with Gasteiger partial charge in [-0.15, -0.1) is 0 Å². The molecule has 7 heteroatoms. The molecular weight excluding hydrogens is 348 g/mol. The number of nitrogens with one attached hydrogen (secondary N) is 1. The molecule has 1 aromatic rings. The number of hydrogen-bond donors (Lipinski definition) is 1. The molecule has 1 aromatic carbocycles. The molecule has 0 radical (unpaired) electrons. The van der Waals surface area contributed by atoms with Crippen molar-refractivity contribution in [2.75, 3.05) is 32.2 Å². The Balaban J connectivity index is 2.96. The number of nitrogens with zero attached hydrogens (tertiary/aromatic N) is 1. The number of carbonyl (C=O) groups is 1. The molecule has 1 N–H and O–H groups in total. The van der Waals surface area contributed by atoms with Crippen molar-refractivity contribution in [2.45, 2.75) is 45.9 Å². The molecule has 0 fully saturated rings. The smallest absolute Gasteiger partial charge is 0.367 e. The Morgan fingerprint density at radius 3 is 2.19 bits per heavy atom. The summed E-state index contributed by atoms with van der Waals surface area (Å²) in [5.74, 6) is -1.78. The number of carbonyl (C=O) groups excluding carboxylic acids is 1. The van der Waals surface area contributed by atoms with Crippen molar-refractivity contribution >= 4 is 11.7 Å². The Kier molecular flexibility index (Phi) is 9.62. The summed E-state index contributed by atoms with van der Waals surface area (Å²) in [6.07, 6.45) is 0.335. The molecule has 27 heavy (non-hydrogen) atoms. The number of methoxy groups -OCH3 is 1. The molecule has 7 nitrogen and oxygen atoms in total. The first-order valence-electron chi connectivity index (χ1n) is 9.22. The van der Waals surface area contributed by atoms with Gasteiger partial charge in [0.2, 0.25) is 0 Å². The van der Waals surface area contributed by atoms with Gasteiger partial charge in [0, 0.05) is 24.8 Å². The zero-order valence-electron chi connectivity index (χ0n) is 16.8. The van der Waals surface area contributed by atoms with Crippen molar-refractivity contribution in [2.24, 2.45) is 5.92 Å². The molecule has 0 bridgehead atoms. The second kappa shape index (κ2) is 11.4. The highest BCUT2D eigenvalue weighted by Crippen LogP contribution is 2.30. The molecule has 0 unspecified atom stereocenters. The number of hydrogen-bond acceptors (Lipinski definition) is 7. The molecule has 0 saturated heterocycles. The van der Waals surface area contributed by atoms with E-state index in [1.807, 2.05) is 31.2 Å². The summed E-state index contributed by atoms with van der Waals surface area (Å²) in [5, 5.41) is 12.7. The SMILES string of the molecule is CCOC(=O)C(OCC)(OCC)[C@H](C)C[C@H](C#N)Nc1ccc(OC)cc1. The molecule has 0 spiro atoms. The fourth-order valence-electron chi connectivity index (χ4n) is 2.85. The predicted molar refractivity (Wildman–Crippen MR) is 102 cm³/mol. The lowest BCUT2D eigenvalue weighted by molar-refractivity contribution is -0.265. The number of anilines is 1. The third-order valence-corrected chi connectivity index (χ3v) is 4.10. The first-order chi connectivity index (χ1) is 13.0. The standard InChI is InChI=1S/C20H30N2O5/c1-6-25-19(23)20(26-7-2,27-8-3)15(4)13-17(14-21)22-16-9-11-18(24-5)12-10-16/h9-12,15,17,22H,6-8,13H2,1-5H3/t15-,17-/m1/s1. The Morgan fingerprint density at radius 1 is 1.15 bits per heavy atom. The van der Waals surface area contributed by atoms with E-state index in [-0.39, 0.29) is 19.8 Å². The number of ether oxygens (including phenoxy) is 4. The van der Waals surface area contributed by atoms with E-state index < -0.39 is 23.7 Å². The van der Waals surface area contributed by atoms with E-state index in [2.05, 4.69) is 11.4 Å². The normalized spacial score (nSPS) is 13.3. The number of nitriles is 1. The van der Waals surface area contributed by atoms with Crippen molar-refractivity contribution in [3.8, 4) is 11.8 Å². The average Bonchev–Trinajstić information content (AvgIpc) is 2.67. The van der Waals surface area contributed by atoms with E-state index in [1.54, 1.807) is 27.9 Å². The highest BCUT2D eigenvalue weighted by molar-refractivity contribution is 5.78. The summed E-state index contributed by atoms with van der Waals surface area (Å²) in [5.41, 5.74) is 0.782. The minimum absolute atomic E-state index is 0.221. The van der Waals surface area contributed by atoms with E-state index in [0.717, 1.165) is 11.4 Å². The van der Waals surface area contributed by atoms with Crippen molar-refractivity contribution in [1.82, 2.24) is 0 Å². The monoisotopic (exact) mass is 378 g/mol. The zero-order valence-corrected chi connectivity index (χ0v) is 16.8. The zero-order chi connectivity index (χ0) is 20.3. The number of rotatable bonds is 12. The molecule has 0 heterocycles. The van der Waals surface area contributed by atoms with E-state index in [4.69, 9.17) is 18.9 Å². The van der Waals surface area contributed by atoms with Gasteiger partial charge in [0.15, 0.2) is 0 Å². The van der Waals surface area contributed by atoms with E-state index in [0.29, 0.717) is 6.42 Å². The van der Waals surface area contributed by atoms with Gasteiger partial charge >= 0.3 is 5.97 Å². The van der Waals surface area contributed by atoms with Crippen molar-refractivity contribution in [1.29, 1.82) is 5.26 Å². The van der Waals surface area contributed by atoms with Crippen LogP contribution in [-0.4, -0.2) is 44.7 Å². The van der Waals surface area contributed by atoms with E-state index in [1.165, 1.54) is 0 Å². The second-order valence-electron chi connectivity index (χ2n) is 5.95. The molecule has 2 atom stereocenters. The van der Waals surface area contributed by atoms with Gasteiger partial charge in [-0.1, -0.05) is 6.92 Å². The van der Waals surface area contributed by atoms with Gasteiger partial charge in [-0.3, -0.25) is 0 Å². The molecule has 1 rings (SSSR count). The first kappa shape index (κ1) is 22.7. The third kappa shape index (κ3) is 6.12. The van der Waals surface area contributed by atoms with Crippen LogP contribution in [0.25, 0.3) is 0 Å². The van der Waals surface area contributed by atoms with E-state index in [9.17, 15) is 10.1 Å². The topological polar surface area (TPSA) is 89.8 Å². The van der Waals surface area contributed by atoms with Crippen LogP contribution in [0, 0.1) is 17.2 Å². The fraction of sp³-hybridized carbons (Fsp3) is 0.600. The molecule has 0 aliphatic heterocycles. The van der Waals surface area contributed by atoms with Crippen LogP contribution in [0.3, 0.4) is 0 Å². The van der Waals surface area contributed by atoms with E-state index >= 15 is 0 Å². The van der Waals surface area contributed by atoms with Gasteiger partial charge in [-0.05, 0) is 51.5 Å². The summed E-state index contributed by atoms with van der Waals surface area (Å²) in [6, 6.07) is 8.97. The highest BCUT2D eigenvalue weighted by Gasteiger charge is 2.48. The molecular formula is C20H30N2O5. The maximum Gasteiger partial charge on any atom is 0.367 e. The van der Waals surface area contributed by atoms with Crippen molar-refractivity contribution in [3.05, 3.63) is 24.3 Å². The third-order valence-electron chi connectivity index (χ3n) is 4.10. The Bertz CT molecular complexity index is 606. The van der Waals surface area contributed by atoms with Crippen LogP contribution in [-0.2, 0) is 19.0 Å². The number of benzene rings is 1. The maximum absolute atomic E-state index is 12.6. The summed E-state index contributed by atoms with van der Waals surface area (Å²) in [6.45, 7) is 7.92. The predicted octanol–water partition coefficient (Wildman–Crippen LogP) is 3.36. The van der Waals surface area contributed by atoms with Crippen LogP contribution in [0.1, 0.15) is 34.1 Å². The Morgan fingerprint density at radius 2 is 1.74 bits per heavy atom. The molecule has 0 amide bonds. The minimum atomic E-state index is -1.53. The number of esters is 1. The molecule has 0 aliphatic carbocycles. The lowest BCUT2D eigenvalue weighted by atomic mass is 9.92. The quantitative estimate of drug-likeness (QED) is 0.440. The van der Waals surface area contributed by atoms with Gasteiger partial charge < -0.3 is 24.3 Å². The fourth-order valence-corrected chi connectivity index (χ4v) is 2.85. The summed E-state index contributed by atoms with van der Waals surface area (Å²) in [7, 11) is 1.60. The highest BCUT2D eigenvalue weighted by atomic mass is 16.7. The Hall–Kier alpha value is -2.30. The van der Waals surface area contributed by atoms with Crippen LogP contribution in [0.2, 0.25) is 0 Å². The summed E-state index contributed by atoms with van der Waals surface area (Å²) < 4.78 is 21.8. The lowest BCUT2D eigenvalue weighted by Crippen LogP contribution is -2.52. The Labute approximate surface area is 161 Å². The maximum atomic E-state index is 12.6. The minimum Gasteiger partial charge on any atom is -0.497 e. The van der Waals surface area contributed by atoms with Gasteiger partial charge in [0.25, 0.3) is 5.79 Å². The first-order valence-corrected chi connectivity index (χ1v) is 9.22. The van der Waals surface area contributed by atoms with Gasteiger partial charge in [-0.2, -0.15) is 5.26 Å². The summed E-state index contributed by atoms with van der Waals surface area (Å²) in [4.78, 5) is 12.6. The molecule has 0 aromatic heterocycles. The summed E-state index contributed by atoms with van der Waals surface area (Å²) >= 11 is 0. The van der Waals surface area contributed by atoms with Crippen LogP contribution in [0.4, 0.5) is 5.69 Å². The van der Waals surface area contributed by atoms with Gasteiger partial charge in [-0.25, -0.2) is 4.79 Å². The van der Waals surface area contributed by atoms with Crippen molar-refractivity contribution < 1.29 is 23.7 Å². The van der Waals surface area contributed by atoms with Crippen LogP contribution in [0.15, 0.2) is 24.3 Å². The van der Waals surface area contributed by atoms with Gasteiger partial charge in [0.05, 0.1) is 19.8 Å². The molecule has 0 aliphatic rings. The molecule has 150 valence electrons. The molecule has 0 saturated carbocycles. The van der Waals surface area contributed by atoms with Crippen LogP contribution in [0.5, 0.6) is 5.75 Å². The van der Waals surface area contributed by atoms with Crippen LogP contribution < -0.4 is 10.1 Å².